The highest BCUT2D eigenvalue weighted by atomic mass is 16.5. The molecule has 3 rings (SSSR count). The lowest BCUT2D eigenvalue weighted by Gasteiger charge is -2.27. The van der Waals surface area contributed by atoms with Gasteiger partial charge in [-0.05, 0) is 82.2 Å². The van der Waals surface area contributed by atoms with Crippen LogP contribution in [0.4, 0.5) is 0 Å². The van der Waals surface area contributed by atoms with Crippen molar-refractivity contribution in [1.82, 2.24) is 9.80 Å². The summed E-state index contributed by atoms with van der Waals surface area (Å²) in [5.41, 5.74) is 1.79. The molecule has 0 aromatic heterocycles. The lowest BCUT2D eigenvalue weighted by Crippen LogP contribution is -2.32. The summed E-state index contributed by atoms with van der Waals surface area (Å²) in [5, 5.41) is 11.6. The second-order valence-electron chi connectivity index (χ2n) is 10.9. The number of hydrogen-bond acceptors (Lipinski definition) is 7. The minimum absolute atomic E-state index is 0.0556. The highest BCUT2D eigenvalue weighted by Gasteiger charge is 2.46. The largest absolute Gasteiger partial charge is 0.507 e. The molecule has 1 saturated heterocycles. The van der Waals surface area contributed by atoms with Crippen LogP contribution < -0.4 is 14.2 Å². The second kappa shape index (κ2) is 12.6. The maximum atomic E-state index is 13.5. The summed E-state index contributed by atoms with van der Waals surface area (Å²) in [7, 11) is 5.47. The molecule has 0 radical (unpaired) electrons. The van der Waals surface area contributed by atoms with E-state index >= 15 is 0 Å². The van der Waals surface area contributed by atoms with Crippen LogP contribution in [0.2, 0.25) is 0 Å². The number of aliphatic hydroxyl groups is 1. The predicted octanol–water partition coefficient (Wildman–Crippen LogP) is 5.16. The minimum Gasteiger partial charge on any atom is -0.507 e. The van der Waals surface area contributed by atoms with Gasteiger partial charge in [-0.15, -0.1) is 0 Å². The van der Waals surface area contributed by atoms with Gasteiger partial charge in [0.2, 0.25) is 0 Å². The molecule has 1 aliphatic rings. The number of benzene rings is 2. The highest BCUT2D eigenvalue weighted by Crippen LogP contribution is 2.43. The molecule has 1 amide bonds. The number of Topliss-reactive ketones (excluding diaryl/α,β-unsaturated/α-hetero) is 1. The topological polar surface area (TPSA) is 88.5 Å². The van der Waals surface area contributed by atoms with Crippen molar-refractivity contribution in [3.63, 3.8) is 0 Å². The molecule has 0 saturated carbocycles. The maximum Gasteiger partial charge on any atom is 0.295 e. The van der Waals surface area contributed by atoms with Gasteiger partial charge in [-0.3, -0.25) is 9.59 Å². The van der Waals surface area contributed by atoms with E-state index in [2.05, 4.69) is 20.8 Å². The maximum absolute atomic E-state index is 13.5. The smallest absolute Gasteiger partial charge is 0.295 e. The zero-order valence-electron chi connectivity index (χ0n) is 24.5. The van der Waals surface area contributed by atoms with Crippen LogP contribution in [0.5, 0.6) is 17.2 Å². The standard InChI is InChI=1S/C31H42N2O6/c1-9-38-23-14-13-21(18-22(23)31(3,4)5)28(34)26-27(20-12-15-24(39-10-2)25(19-20)37-8)33(30(36)29(26)35)17-11-16-32(6)7/h12-15,18-19,27,34H,9-11,16-17H2,1-8H3/b28-26+. The Morgan fingerprint density at radius 3 is 2.21 bits per heavy atom. The molecule has 0 aliphatic carbocycles. The fourth-order valence-electron chi connectivity index (χ4n) is 4.84. The zero-order valence-corrected chi connectivity index (χ0v) is 24.5. The molecular formula is C31H42N2O6. The van der Waals surface area contributed by atoms with Crippen molar-refractivity contribution in [2.24, 2.45) is 0 Å². The van der Waals surface area contributed by atoms with Crippen molar-refractivity contribution in [1.29, 1.82) is 0 Å². The molecule has 2 aromatic rings. The van der Waals surface area contributed by atoms with Gasteiger partial charge in [0.05, 0.1) is 31.9 Å². The Labute approximate surface area is 232 Å². The van der Waals surface area contributed by atoms with Crippen LogP contribution in [0.3, 0.4) is 0 Å². The molecule has 8 heteroatoms. The van der Waals surface area contributed by atoms with E-state index in [4.69, 9.17) is 14.2 Å². The Kier molecular flexibility index (Phi) is 9.67. The average molecular weight is 539 g/mol. The van der Waals surface area contributed by atoms with E-state index in [1.54, 1.807) is 36.3 Å². The Morgan fingerprint density at radius 1 is 0.974 bits per heavy atom. The summed E-state index contributed by atoms with van der Waals surface area (Å²) in [6.45, 7) is 12.1. The summed E-state index contributed by atoms with van der Waals surface area (Å²) >= 11 is 0. The average Bonchev–Trinajstić information content (AvgIpc) is 3.13. The van der Waals surface area contributed by atoms with Crippen molar-refractivity contribution in [2.45, 2.75) is 52.5 Å². The summed E-state index contributed by atoms with van der Waals surface area (Å²) in [4.78, 5) is 30.4. The fraction of sp³-hybridized carbons (Fsp3) is 0.484. The van der Waals surface area contributed by atoms with Crippen LogP contribution in [0.15, 0.2) is 42.0 Å². The molecule has 1 aliphatic heterocycles. The summed E-state index contributed by atoms with van der Waals surface area (Å²) in [5.74, 6) is 0.226. The molecule has 2 aromatic carbocycles. The Balaban J connectivity index is 2.20. The first-order chi connectivity index (χ1) is 18.4. The first-order valence-corrected chi connectivity index (χ1v) is 13.5. The van der Waals surface area contributed by atoms with E-state index < -0.39 is 17.7 Å². The molecule has 1 atom stereocenters. The lowest BCUT2D eigenvalue weighted by molar-refractivity contribution is -0.139. The van der Waals surface area contributed by atoms with E-state index in [1.165, 1.54) is 0 Å². The second-order valence-corrected chi connectivity index (χ2v) is 10.9. The molecule has 8 nitrogen and oxygen atoms in total. The molecule has 0 bridgehead atoms. The van der Waals surface area contributed by atoms with Crippen molar-refractivity contribution in [3.8, 4) is 17.2 Å². The lowest BCUT2D eigenvalue weighted by atomic mass is 9.84. The molecular weight excluding hydrogens is 496 g/mol. The van der Waals surface area contributed by atoms with Gasteiger partial charge in [0, 0.05) is 17.7 Å². The number of ketones is 1. The number of aliphatic hydroxyl groups excluding tert-OH is 1. The molecule has 0 spiro atoms. The predicted molar refractivity (Wildman–Crippen MR) is 153 cm³/mol. The van der Waals surface area contributed by atoms with Gasteiger partial charge in [0.1, 0.15) is 11.5 Å². The fourth-order valence-corrected chi connectivity index (χ4v) is 4.84. The third-order valence-corrected chi connectivity index (χ3v) is 6.71. The summed E-state index contributed by atoms with van der Waals surface area (Å²) < 4.78 is 17.1. The van der Waals surface area contributed by atoms with Crippen molar-refractivity contribution >= 4 is 17.4 Å². The van der Waals surface area contributed by atoms with Gasteiger partial charge in [-0.2, -0.15) is 0 Å². The number of amides is 1. The van der Waals surface area contributed by atoms with Gasteiger partial charge >= 0.3 is 0 Å². The van der Waals surface area contributed by atoms with E-state index in [9.17, 15) is 14.7 Å². The normalized spacial score (nSPS) is 17.2. The SMILES string of the molecule is CCOc1ccc(C2/C(=C(\O)c3ccc(OCC)c(C(C)(C)C)c3)C(=O)C(=O)N2CCCN(C)C)cc1OC. The van der Waals surface area contributed by atoms with Gasteiger partial charge in [-0.1, -0.05) is 26.8 Å². The number of likely N-dealkylation sites (tertiary alicyclic amines) is 1. The number of hydrogen-bond donors (Lipinski definition) is 1. The van der Waals surface area contributed by atoms with Crippen LogP contribution in [-0.4, -0.2) is 74.1 Å². The minimum atomic E-state index is -0.776. The number of carbonyl (C=O) groups excluding carboxylic acids is 2. The van der Waals surface area contributed by atoms with Gasteiger partial charge < -0.3 is 29.1 Å². The van der Waals surface area contributed by atoms with E-state index in [0.29, 0.717) is 48.8 Å². The van der Waals surface area contributed by atoms with E-state index in [0.717, 1.165) is 17.9 Å². The van der Waals surface area contributed by atoms with Crippen molar-refractivity contribution in [2.75, 3.05) is 47.5 Å². The van der Waals surface area contributed by atoms with Crippen LogP contribution in [0.25, 0.3) is 5.76 Å². The molecule has 1 fully saturated rings. The molecule has 1 unspecified atom stereocenters. The van der Waals surface area contributed by atoms with Gasteiger partial charge in [0.25, 0.3) is 11.7 Å². The van der Waals surface area contributed by atoms with Crippen LogP contribution in [-0.2, 0) is 15.0 Å². The summed E-state index contributed by atoms with van der Waals surface area (Å²) in [6.07, 6.45) is 0.669. The van der Waals surface area contributed by atoms with Gasteiger partial charge in [0.15, 0.2) is 11.5 Å². The van der Waals surface area contributed by atoms with E-state index in [1.807, 2.05) is 45.0 Å². The Hall–Kier alpha value is -3.52. The quantitative estimate of drug-likeness (QED) is 0.240. The summed E-state index contributed by atoms with van der Waals surface area (Å²) in [6, 6.07) is 9.96. The van der Waals surface area contributed by atoms with Crippen LogP contribution in [0, 0.1) is 0 Å². The number of ether oxygens (including phenoxy) is 3. The van der Waals surface area contributed by atoms with Crippen LogP contribution >= 0.6 is 0 Å². The molecule has 39 heavy (non-hydrogen) atoms. The monoisotopic (exact) mass is 538 g/mol. The number of nitrogens with zero attached hydrogens (tertiary/aromatic N) is 2. The van der Waals surface area contributed by atoms with Crippen molar-refractivity contribution < 1.29 is 28.9 Å². The molecule has 1 heterocycles. The highest BCUT2D eigenvalue weighted by molar-refractivity contribution is 6.46. The Bertz CT molecular complexity index is 1230. The molecule has 212 valence electrons. The first kappa shape index (κ1) is 30.0. The van der Waals surface area contributed by atoms with Crippen molar-refractivity contribution in [3.05, 3.63) is 58.7 Å². The molecule has 1 N–H and O–H groups in total. The number of carbonyl (C=O) groups is 2. The third kappa shape index (κ3) is 6.56. The van der Waals surface area contributed by atoms with Crippen LogP contribution in [0.1, 0.15) is 63.8 Å². The number of rotatable bonds is 11. The third-order valence-electron chi connectivity index (χ3n) is 6.71. The number of methoxy groups -OCH3 is 1. The van der Waals surface area contributed by atoms with E-state index in [-0.39, 0.29) is 16.7 Å². The first-order valence-electron chi connectivity index (χ1n) is 13.5. The Morgan fingerprint density at radius 2 is 1.62 bits per heavy atom. The zero-order chi connectivity index (χ0) is 28.9. The van der Waals surface area contributed by atoms with Gasteiger partial charge in [-0.25, -0.2) is 0 Å².